The highest BCUT2D eigenvalue weighted by atomic mass is 35.5. The maximum absolute atomic E-state index is 5.60. The molecule has 1 aliphatic rings. The summed E-state index contributed by atoms with van der Waals surface area (Å²) in [5.74, 6) is 0.564. The third-order valence-electron chi connectivity index (χ3n) is 2.39. The Morgan fingerprint density at radius 1 is 1.50 bits per heavy atom. The molecule has 0 radical (unpaired) electrons. The van der Waals surface area contributed by atoms with E-state index in [9.17, 15) is 0 Å². The molecule has 1 rings (SSSR count). The van der Waals surface area contributed by atoms with Crippen LogP contribution >= 0.6 is 11.6 Å². The smallest absolute Gasteiger partial charge is 0.0662 e. The first-order chi connectivity index (χ1) is 5.88. The van der Waals surface area contributed by atoms with Crippen molar-refractivity contribution in [3.05, 3.63) is 11.6 Å². The highest BCUT2D eigenvalue weighted by molar-refractivity contribution is 6.25. The number of ether oxygens (including phenoxy) is 1. The van der Waals surface area contributed by atoms with Gasteiger partial charge in [0.25, 0.3) is 0 Å². The monoisotopic (exact) mass is 189 g/mol. The van der Waals surface area contributed by atoms with Crippen LogP contribution < -0.4 is 5.73 Å². The van der Waals surface area contributed by atoms with Gasteiger partial charge >= 0.3 is 0 Å². The Bertz CT molecular complexity index is 149. The van der Waals surface area contributed by atoms with E-state index in [1.54, 1.807) is 0 Å². The molecular formula is C9H16ClNO. The van der Waals surface area contributed by atoms with E-state index in [2.05, 4.69) is 0 Å². The molecule has 0 aromatic heterocycles. The average molecular weight is 190 g/mol. The van der Waals surface area contributed by atoms with Crippen LogP contribution in [0.2, 0.25) is 0 Å². The summed E-state index contributed by atoms with van der Waals surface area (Å²) >= 11 is 5.37. The van der Waals surface area contributed by atoms with E-state index in [0.717, 1.165) is 13.0 Å². The van der Waals surface area contributed by atoms with Crippen LogP contribution in [0.25, 0.3) is 0 Å². The first-order valence-corrected chi connectivity index (χ1v) is 4.89. The summed E-state index contributed by atoms with van der Waals surface area (Å²) in [6.07, 6.45) is 5.79. The van der Waals surface area contributed by atoms with Crippen LogP contribution in [-0.4, -0.2) is 19.3 Å². The molecule has 0 heterocycles. The van der Waals surface area contributed by atoms with E-state index in [-0.39, 0.29) is 0 Å². The van der Waals surface area contributed by atoms with Gasteiger partial charge in [-0.25, -0.2) is 0 Å². The maximum Gasteiger partial charge on any atom is 0.0662 e. The minimum Gasteiger partial charge on any atom is -0.374 e. The summed E-state index contributed by atoms with van der Waals surface area (Å²) in [7, 11) is 0. The summed E-state index contributed by atoms with van der Waals surface area (Å²) < 4.78 is 5.60. The first kappa shape index (κ1) is 10.0. The molecule has 0 spiro atoms. The molecule has 0 bridgehead atoms. The molecule has 1 aliphatic carbocycles. The minimum absolute atomic E-state index is 0.364. The Labute approximate surface area is 78.7 Å². The Morgan fingerprint density at radius 2 is 2.33 bits per heavy atom. The van der Waals surface area contributed by atoms with E-state index < -0.39 is 0 Å². The zero-order chi connectivity index (χ0) is 8.81. The second kappa shape index (κ2) is 5.57. The molecule has 0 aromatic carbocycles. The quantitative estimate of drug-likeness (QED) is 0.733. The van der Waals surface area contributed by atoms with Crippen molar-refractivity contribution in [2.75, 3.05) is 13.2 Å². The van der Waals surface area contributed by atoms with Crippen molar-refractivity contribution in [1.29, 1.82) is 0 Å². The summed E-state index contributed by atoms with van der Waals surface area (Å²) in [5.41, 5.74) is 7.10. The second-order valence-corrected chi connectivity index (χ2v) is 3.41. The third-order valence-corrected chi connectivity index (χ3v) is 2.57. The topological polar surface area (TPSA) is 35.2 Å². The molecule has 0 amide bonds. The lowest BCUT2D eigenvalue weighted by Gasteiger charge is -2.17. The Kier molecular flexibility index (Phi) is 4.66. The zero-order valence-electron chi connectivity index (χ0n) is 7.21. The molecule has 2 unspecified atom stereocenters. The molecule has 0 aliphatic heterocycles. The summed E-state index contributed by atoms with van der Waals surface area (Å²) in [6, 6.07) is 0. The van der Waals surface area contributed by atoms with Gasteiger partial charge in [0, 0.05) is 5.54 Å². The lowest BCUT2D eigenvalue weighted by molar-refractivity contribution is 0.0489. The van der Waals surface area contributed by atoms with Gasteiger partial charge in [0.2, 0.25) is 0 Å². The molecule has 0 saturated heterocycles. The van der Waals surface area contributed by atoms with Gasteiger partial charge in [-0.2, -0.15) is 0 Å². The van der Waals surface area contributed by atoms with E-state index in [0.29, 0.717) is 18.6 Å². The Hall–Kier alpha value is -0.0500. The molecule has 0 aromatic rings. The molecule has 2 N–H and O–H groups in total. The van der Waals surface area contributed by atoms with E-state index in [1.807, 2.05) is 6.08 Å². The largest absolute Gasteiger partial charge is 0.374 e. The van der Waals surface area contributed by atoms with E-state index in [1.165, 1.54) is 18.4 Å². The predicted octanol–water partition coefficient (Wildman–Crippen LogP) is 1.88. The van der Waals surface area contributed by atoms with Gasteiger partial charge in [0.05, 0.1) is 12.7 Å². The molecule has 70 valence electrons. The van der Waals surface area contributed by atoms with Gasteiger partial charge in [0.1, 0.15) is 0 Å². The van der Waals surface area contributed by atoms with Crippen LogP contribution in [0.15, 0.2) is 11.6 Å². The van der Waals surface area contributed by atoms with Gasteiger partial charge in [-0.1, -0.05) is 18.0 Å². The predicted molar refractivity (Wildman–Crippen MR) is 51.1 cm³/mol. The van der Waals surface area contributed by atoms with Crippen LogP contribution in [-0.2, 0) is 4.74 Å². The van der Waals surface area contributed by atoms with Gasteiger partial charge < -0.3 is 10.5 Å². The van der Waals surface area contributed by atoms with E-state index >= 15 is 0 Å². The molecular weight excluding hydrogens is 174 g/mol. The normalized spacial score (nSPS) is 30.2. The van der Waals surface area contributed by atoms with Gasteiger partial charge in [-0.15, -0.1) is 0 Å². The lowest BCUT2D eigenvalue weighted by Crippen LogP contribution is -2.25. The van der Waals surface area contributed by atoms with Crippen LogP contribution in [0.4, 0.5) is 0 Å². The van der Waals surface area contributed by atoms with Gasteiger partial charge in [0.15, 0.2) is 0 Å². The molecule has 1 saturated carbocycles. The summed E-state index contributed by atoms with van der Waals surface area (Å²) in [6.45, 7) is 1.36. The molecule has 3 heteroatoms. The second-order valence-electron chi connectivity index (χ2n) is 3.16. The molecule has 2 atom stereocenters. The van der Waals surface area contributed by atoms with Crippen molar-refractivity contribution in [1.82, 2.24) is 0 Å². The number of nitrogens with two attached hydrogens (primary N) is 1. The molecule has 2 nitrogen and oxygen atoms in total. The standard InChI is InChI=1S/C9H16ClNO/c10-5-2-6-12-9-4-1-3-8(9)7-11/h2,5,8-9H,1,3-4,6-7,11H2. The number of hydrogen-bond acceptors (Lipinski definition) is 2. The zero-order valence-corrected chi connectivity index (χ0v) is 7.96. The highest BCUT2D eigenvalue weighted by Gasteiger charge is 2.25. The van der Waals surface area contributed by atoms with E-state index in [4.69, 9.17) is 22.1 Å². The Balaban J connectivity index is 2.21. The Morgan fingerprint density at radius 3 is 3.00 bits per heavy atom. The highest BCUT2D eigenvalue weighted by Crippen LogP contribution is 2.27. The van der Waals surface area contributed by atoms with Crippen LogP contribution in [0.3, 0.4) is 0 Å². The fraction of sp³-hybridized carbons (Fsp3) is 0.778. The lowest BCUT2D eigenvalue weighted by atomic mass is 10.1. The van der Waals surface area contributed by atoms with Crippen molar-refractivity contribution in [3.63, 3.8) is 0 Å². The van der Waals surface area contributed by atoms with Gasteiger partial charge in [-0.05, 0) is 31.4 Å². The number of hydrogen-bond donors (Lipinski definition) is 1. The van der Waals surface area contributed by atoms with Crippen molar-refractivity contribution in [2.24, 2.45) is 11.7 Å². The fourth-order valence-electron chi connectivity index (χ4n) is 1.71. The fourth-order valence-corrected chi connectivity index (χ4v) is 1.78. The molecule has 12 heavy (non-hydrogen) atoms. The first-order valence-electron chi connectivity index (χ1n) is 4.45. The van der Waals surface area contributed by atoms with Gasteiger partial charge in [-0.3, -0.25) is 0 Å². The van der Waals surface area contributed by atoms with Crippen LogP contribution in [0.1, 0.15) is 19.3 Å². The van der Waals surface area contributed by atoms with Crippen LogP contribution in [0, 0.1) is 5.92 Å². The van der Waals surface area contributed by atoms with Crippen molar-refractivity contribution in [2.45, 2.75) is 25.4 Å². The summed E-state index contributed by atoms with van der Waals surface area (Å²) in [4.78, 5) is 0. The van der Waals surface area contributed by atoms with Crippen molar-refractivity contribution in [3.8, 4) is 0 Å². The summed E-state index contributed by atoms with van der Waals surface area (Å²) in [5, 5.41) is 0. The number of halogens is 1. The maximum atomic E-state index is 5.60. The van der Waals surface area contributed by atoms with Crippen LogP contribution in [0.5, 0.6) is 0 Å². The van der Waals surface area contributed by atoms with Crippen molar-refractivity contribution >= 4 is 11.6 Å². The number of rotatable bonds is 4. The van der Waals surface area contributed by atoms with Crippen molar-refractivity contribution < 1.29 is 4.74 Å². The SMILES string of the molecule is NCC1CCCC1OCC=CCl. The minimum atomic E-state index is 0.364. The molecule has 1 fully saturated rings. The third kappa shape index (κ3) is 2.77. The average Bonchev–Trinajstić information content (AvgIpc) is 2.52.